The van der Waals surface area contributed by atoms with Gasteiger partial charge in [-0.1, -0.05) is 131 Å². The molecule has 0 atom stereocenters. The molecule has 2 nitrogen and oxygen atoms in total. The molecule has 0 fully saturated rings. The maximum Gasteiger partial charge on any atom is 0.0541 e. The molecule has 0 aliphatic carbocycles. The molecule has 8 aromatic carbocycles. The fourth-order valence-corrected chi connectivity index (χ4v) is 8.00. The Kier molecular flexibility index (Phi) is 7.00. The largest absolute Gasteiger partial charge is 0.309 e. The smallest absolute Gasteiger partial charge is 0.0541 e. The van der Waals surface area contributed by atoms with Gasteiger partial charge in [-0.2, -0.15) is 0 Å². The van der Waals surface area contributed by atoms with Gasteiger partial charge in [0.15, 0.2) is 0 Å². The van der Waals surface area contributed by atoms with E-state index >= 15 is 0 Å². The molecule has 0 bridgehead atoms. The van der Waals surface area contributed by atoms with Crippen LogP contribution in [0.2, 0.25) is 0 Å². The molecule has 0 aliphatic rings. The summed E-state index contributed by atoms with van der Waals surface area (Å²) in [4.78, 5) is 0. The number of hydrogen-bond acceptors (Lipinski definition) is 0. The fraction of sp³-hybridized carbons (Fsp3) is 0. The summed E-state index contributed by atoms with van der Waals surface area (Å²) in [6.45, 7) is 0. The highest BCUT2D eigenvalue weighted by atomic mass is 79.9. The first-order valence-corrected chi connectivity index (χ1v) is 18.1. The van der Waals surface area contributed by atoms with Crippen LogP contribution >= 0.6 is 15.9 Å². The zero-order chi connectivity index (χ0) is 33.9. The molecular formula is C48H31BrN2. The standard InChI is InChI=1S/C48H31BrN2/c49-38-24-18-32(19-25-38)33-20-26-40(27-21-33)51-46-13-7-5-11-42(46)44-31-37(23-29-48(44)51)35-16-14-34(15-17-35)36-22-28-47-43(30-36)41-10-4-6-12-45(41)50(47)39-8-2-1-3-9-39/h1-31H. The van der Waals surface area contributed by atoms with Crippen LogP contribution in [-0.4, -0.2) is 9.13 Å². The minimum absolute atomic E-state index is 1.09. The van der Waals surface area contributed by atoms with Crippen molar-refractivity contribution in [2.75, 3.05) is 0 Å². The number of nitrogens with zero attached hydrogens (tertiary/aromatic N) is 2. The second-order valence-corrected chi connectivity index (χ2v) is 14.1. The molecule has 2 aromatic heterocycles. The van der Waals surface area contributed by atoms with Gasteiger partial charge in [0, 0.05) is 37.4 Å². The van der Waals surface area contributed by atoms with Crippen LogP contribution in [0.15, 0.2) is 193 Å². The zero-order valence-electron chi connectivity index (χ0n) is 27.7. The van der Waals surface area contributed by atoms with E-state index in [4.69, 9.17) is 0 Å². The zero-order valence-corrected chi connectivity index (χ0v) is 29.3. The van der Waals surface area contributed by atoms with E-state index in [2.05, 4.69) is 213 Å². The Morgan fingerprint density at radius 3 is 1.14 bits per heavy atom. The third kappa shape index (κ3) is 5.00. The van der Waals surface area contributed by atoms with Crippen LogP contribution in [0.5, 0.6) is 0 Å². The molecule has 0 unspecified atom stereocenters. The molecule has 0 N–H and O–H groups in total. The first-order valence-electron chi connectivity index (χ1n) is 17.3. The van der Waals surface area contributed by atoms with E-state index in [-0.39, 0.29) is 0 Å². The third-order valence-electron chi connectivity index (χ3n) is 10.2. The van der Waals surface area contributed by atoms with Crippen LogP contribution in [0.4, 0.5) is 0 Å². The summed E-state index contributed by atoms with van der Waals surface area (Å²) in [5.74, 6) is 0. The number of para-hydroxylation sites is 3. The first-order chi connectivity index (χ1) is 25.2. The van der Waals surface area contributed by atoms with E-state index in [1.807, 2.05) is 0 Å². The molecule has 0 amide bonds. The van der Waals surface area contributed by atoms with Crippen molar-refractivity contribution in [2.45, 2.75) is 0 Å². The number of aromatic nitrogens is 2. The van der Waals surface area contributed by atoms with Crippen LogP contribution in [0.3, 0.4) is 0 Å². The first kappa shape index (κ1) is 29.7. The number of hydrogen-bond donors (Lipinski definition) is 0. The topological polar surface area (TPSA) is 9.86 Å². The molecule has 3 heteroatoms. The highest BCUT2D eigenvalue weighted by molar-refractivity contribution is 9.10. The van der Waals surface area contributed by atoms with Crippen molar-refractivity contribution in [1.82, 2.24) is 9.13 Å². The van der Waals surface area contributed by atoms with E-state index in [9.17, 15) is 0 Å². The second-order valence-electron chi connectivity index (χ2n) is 13.1. The lowest BCUT2D eigenvalue weighted by Crippen LogP contribution is -1.93. The van der Waals surface area contributed by atoms with Gasteiger partial charge in [-0.25, -0.2) is 0 Å². The predicted octanol–water partition coefficient (Wildman–Crippen LogP) is 13.6. The van der Waals surface area contributed by atoms with E-state index < -0.39 is 0 Å². The van der Waals surface area contributed by atoms with Crippen LogP contribution in [0.25, 0.3) is 88.4 Å². The van der Waals surface area contributed by atoms with E-state index in [1.165, 1.54) is 82.7 Å². The minimum Gasteiger partial charge on any atom is -0.309 e. The molecule has 240 valence electrons. The van der Waals surface area contributed by atoms with Crippen LogP contribution in [0, 0.1) is 0 Å². The van der Waals surface area contributed by atoms with Crippen molar-refractivity contribution in [3.05, 3.63) is 193 Å². The summed E-state index contributed by atoms with van der Waals surface area (Å²) in [5, 5.41) is 5.04. The Morgan fingerprint density at radius 2 is 0.627 bits per heavy atom. The molecule has 10 rings (SSSR count). The van der Waals surface area contributed by atoms with Gasteiger partial charge >= 0.3 is 0 Å². The van der Waals surface area contributed by atoms with Crippen molar-refractivity contribution in [1.29, 1.82) is 0 Å². The lowest BCUT2D eigenvalue weighted by molar-refractivity contribution is 1.18. The van der Waals surface area contributed by atoms with Gasteiger partial charge in [-0.3, -0.25) is 0 Å². The van der Waals surface area contributed by atoms with E-state index in [0.717, 1.165) is 10.2 Å². The number of rotatable bonds is 5. The number of benzene rings is 8. The molecule has 0 spiro atoms. The van der Waals surface area contributed by atoms with E-state index in [1.54, 1.807) is 0 Å². The lowest BCUT2D eigenvalue weighted by Gasteiger charge is -2.10. The number of fused-ring (bicyclic) bond motifs is 6. The SMILES string of the molecule is Brc1ccc(-c2ccc(-n3c4ccccc4c4cc(-c5ccc(-c6ccc7c(c6)c6ccccc6n7-c6ccccc6)cc5)ccc43)cc2)cc1. The molecule has 0 saturated carbocycles. The van der Waals surface area contributed by atoms with Crippen molar-refractivity contribution >= 4 is 59.5 Å². The molecule has 0 radical (unpaired) electrons. The van der Waals surface area contributed by atoms with Gasteiger partial charge in [0.2, 0.25) is 0 Å². The molecule has 51 heavy (non-hydrogen) atoms. The lowest BCUT2D eigenvalue weighted by atomic mass is 9.98. The highest BCUT2D eigenvalue weighted by Crippen LogP contribution is 2.38. The Balaban J connectivity index is 1.01. The maximum atomic E-state index is 3.55. The molecule has 10 aromatic rings. The van der Waals surface area contributed by atoms with Crippen molar-refractivity contribution < 1.29 is 0 Å². The van der Waals surface area contributed by atoms with E-state index in [0.29, 0.717) is 0 Å². The second kappa shape index (κ2) is 12.0. The van der Waals surface area contributed by atoms with Crippen molar-refractivity contribution in [3.63, 3.8) is 0 Å². The molecule has 2 heterocycles. The number of halogens is 1. The Morgan fingerprint density at radius 1 is 0.275 bits per heavy atom. The van der Waals surface area contributed by atoms with Gasteiger partial charge in [-0.15, -0.1) is 0 Å². The summed E-state index contributed by atoms with van der Waals surface area (Å²) in [6, 6.07) is 68.2. The maximum absolute atomic E-state index is 3.55. The van der Waals surface area contributed by atoms with Crippen LogP contribution < -0.4 is 0 Å². The minimum atomic E-state index is 1.09. The summed E-state index contributed by atoms with van der Waals surface area (Å²) < 4.78 is 5.84. The van der Waals surface area contributed by atoms with Crippen LogP contribution in [0.1, 0.15) is 0 Å². The molecule has 0 saturated heterocycles. The summed E-state index contributed by atoms with van der Waals surface area (Å²) in [6.07, 6.45) is 0. The third-order valence-corrected chi connectivity index (χ3v) is 10.7. The Labute approximate surface area is 304 Å². The normalized spacial score (nSPS) is 11.6. The predicted molar refractivity (Wildman–Crippen MR) is 219 cm³/mol. The highest BCUT2D eigenvalue weighted by Gasteiger charge is 2.15. The van der Waals surface area contributed by atoms with Gasteiger partial charge < -0.3 is 9.13 Å². The fourth-order valence-electron chi connectivity index (χ4n) is 7.74. The molecular weight excluding hydrogens is 684 g/mol. The van der Waals surface area contributed by atoms with Gasteiger partial charge in [0.25, 0.3) is 0 Å². The monoisotopic (exact) mass is 714 g/mol. The quantitative estimate of drug-likeness (QED) is 0.168. The van der Waals surface area contributed by atoms with Gasteiger partial charge in [0.1, 0.15) is 0 Å². The average molecular weight is 716 g/mol. The van der Waals surface area contributed by atoms with Crippen molar-refractivity contribution in [2.24, 2.45) is 0 Å². The average Bonchev–Trinajstić information content (AvgIpc) is 3.71. The molecule has 0 aliphatic heterocycles. The van der Waals surface area contributed by atoms with Crippen LogP contribution in [-0.2, 0) is 0 Å². The Hall–Kier alpha value is -6.16. The summed E-state index contributed by atoms with van der Waals surface area (Å²) in [7, 11) is 0. The Bertz CT molecular complexity index is 2880. The van der Waals surface area contributed by atoms with Gasteiger partial charge in [0.05, 0.1) is 22.1 Å². The van der Waals surface area contributed by atoms with Gasteiger partial charge in [-0.05, 0) is 106 Å². The van der Waals surface area contributed by atoms with Crippen molar-refractivity contribution in [3.8, 4) is 44.8 Å². The summed E-state index contributed by atoms with van der Waals surface area (Å²) in [5.41, 5.74) is 14.4. The summed E-state index contributed by atoms with van der Waals surface area (Å²) >= 11 is 3.55.